The van der Waals surface area contributed by atoms with Crippen molar-refractivity contribution in [1.29, 1.82) is 0 Å². The monoisotopic (exact) mass is 515 g/mol. The van der Waals surface area contributed by atoms with Crippen LogP contribution in [0.2, 0.25) is 0 Å². The Morgan fingerprint density at radius 3 is 2.69 bits per heavy atom. The first-order valence-corrected chi connectivity index (χ1v) is 13.8. The minimum Gasteiger partial charge on any atom is -0.396 e. The summed E-state index contributed by atoms with van der Waals surface area (Å²) in [5.74, 6) is -1.74. The number of aliphatic hydroxyl groups is 1. The molecule has 0 spiro atoms. The fourth-order valence-electron chi connectivity index (χ4n) is 5.47. The Morgan fingerprint density at radius 1 is 1.22 bits per heavy atom. The van der Waals surface area contributed by atoms with Crippen molar-refractivity contribution in [2.24, 2.45) is 13.0 Å². The van der Waals surface area contributed by atoms with Crippen LogP contribution in [0, 0.1) is 17.6 Å². The van der Waals surface area contributed by atoms with E-state index in [2.05, 4.69) is 5.32 Å². The van der Waals surface area contributed by atoms with Crippen molar-refractivity contribution in [3.8, 4) is 0 Å². The molecule has 36 heavy (non-hydrogen) atoms. The molecule has 0 saturated carbocycles. The van der Waals surface area contributed by atoms with Gasteiger partial charge >= 0.3 is 0 Å². The van der Waals surface area contributed by atoms with E-state index in [0.717, 1.165) is 17.9 Å². The number of benzene rings is 1. The molecule has 10 heteroatoms. The molecular weight excluding hydrogens is 488 g/mol. The van der Waals surface area contributed by atoms with E-state index in [0.29, 0.717) is 47.4 Å². The summed E-state index contributed by atoms with van der Waals surface area (Å²) in [4.78, 5) is 15.2. The number of hydrogen-bond acceptors (Lipinski definition) is 6. The molecule has 2 atom stereocenters. The number of aliphatic hydroxyl groups excluding tert-OH is 1. The second-order valence-electron chi connectivity index (χ2n) is 9.59. The van der Waals surface area contributed by atoms with Crippen LogP contribution in [-0.4, -0.2) is 49.3 Å². The zero-order valence-electron chi connectivity index (χ0n) is 20.0. The molecular formula is C26H27F2N3O4S. The Kier molecular flexibility index (Phi) is 6.12. The van der Waals surface area contributed by atoms with Crippen LogP contribution in [0.4, 0.5) is 14.5 Å². The highest BCUT2D eigenvalue weighted by atomic mass is 32.2. The molecule has 0 amide bonds. The SMILES string of the molecule is Cn1ccc2c(c1=O)C1=C3C(=CN(c4ccc(F)cc4F)C3C(CCCO)CN1)C=C2CS(C)(=O)=O. The molecule has 0 fully saturated rings. The Balaban J connectivity index is 1.79. The van der Waals surface area contributed by atoms with Crippen molar-refractivity contribution in [3.05, 3.63) is 87.0 Å². The molecule has 1 aromatic heterocycles. The van der Waals surface area contributed by atoms with Crippen LogP contribution in [0.1, 0.15) is 24.0 Å². The maximum Gasteiger partial charge on any atom is 0.260 e. The maximum absolute atomic E-state index is 15.0. The Bertz CT molecular complexity index is 1510. The number of fused-ring (bicyclic) bond motifs is 2. The van der Waals surface area contributed by atoms with E-state index in [-0.39, 0.29) is 29.5 Å². The zero-order valence-corrected chi connectivity index (χ0v) is 20.8. The van der Waals surface area contributed by atoms with Crippen LogP contribution in [-0.2, 0) is 16.9 Å². The number of allylic oxidation sites excluding steroid dienone is 1. The van der Waals surface area contributed by atoms with Crippen molar-refractivity contribution in [2.45, 2.75) is 18.9 Å². The van der Waals surface area contributed by atoms with Gasteiger partial charge < -0.3 is 19.9 Å². The van der Waals surface area contributed by atoms with Crippen LogP contribution >= 0.6 is 0 Å². The number of hydrogen-bond donors (Lipinski definition) is 2. The van der Waals surface area contributed by atoms with E-state index >= 15 is 0 Å². The third-order valence-corrected chi connectivity index (χ3v) is 7.81. The molecule has 2 aliphatic heterocycles. The van der Waals surface area contributed by atoms with Gasteiger partial charge in [-0.3, -0.25) is 4.79 Å². The number of halogens is 2. The average Bonchev–Trinajstić information content (AvgIpc) is 3.11. The highest BCUT2D eigenvalue weighted by Gasteiger charge is 2.43. The van der Waals surface area contributed by atoms with Gasteiger partial charge in [0.25, 0.3) is 5.56 Å². The first kappa shape index (κ1) is 24.5. The van der Waals surface area contributed by atoms with Crippen LogP contribution in [0.3, 0.4) is 0 Å². The minimum absolute atomic E-state index is 0.00209. The van der Waals surface area contributed by atoms with Gasteiger partial charge in [0.15, 0.2) is 9.84 Å². The number of aromatic nitrogens is 1. The second kappa shape index (κ2) is 9.01. The van der Waals surface area contributed by atoms with Gasteiger partial charge in [-0.2, -0.15) is 0 Å². The highest BCUT2D eigenvalue weighted by Crippen LogP contribution is 2.46. The van der Waals surface area contributed by atoms with E-state index in [1.54, 1.807) is 36.5 Å². The number of anilines is 1. The normalized spacial score (nSPS) is 20.9. The zero-order chi connectivity index (χ0) is 25.8. The number of nitrogens with one attached hydrogen (secondary N) is 1. The van der Waals surface area contributed by atoms with Crippen molar-refractivity contribution >= 4 is 26.8 Å². The van der Waals surface area contributed by atoms with Crippen molar-refractivity contribution in [3.63, 3.8) is 0 Å². The number of nitrogens with zero attached hydrogens (tertiary/aromatic N) is 2. The summed E-state index contributed by atoms with van der Waals surface area (Å²) in [6.07, 6.45) is 7.42. The van der Waals surface area contributed by atoms with Crippen LogP contribution in [0.5, 0.6) is 0 Å². The predicted octanol–water partition coefficient (Wildman–Crippen LogP) is 2.58. The summed E-state index contributed by atoms with van der Waals surface area (Å²) in [6.45, 7) is 0.463. The summed E-state index contributed by atoms with van der Waals surface area (Å²) in [5, 5.41) is 12.9. The van der Waals surface area contributed by atoms with E-state index in [9.17, 15) is 27.1 Å². The largest absolute Gasteiger partial charge is 0.396 e. The summed E-state index contributed by atoms with van der Waals surface area (Å²) in [7, 11) is -1.81. The fourth-order valence-corrected chi connectivity index (χ4v) is 6.28. The van der Waals surface area contributed by atoms with Crippen molar-refractivity contribution in [1.82, 2.24) is 9.88 Å². The molecule has 2 aromatic rings. The highest BCUT2D eigenvalue weighted by molar-refractivity contribution is 7.91. The Morgan fingerprint density at radius 2 is 2.00 bits per heavy atom. The van der Waals surface area contributed by atoms with Crippen molar-refractivity contribution < 1.29 is 22.3 Å². The third kappa shape index (κ3) is 4.18. The van der Waals surface area contributed by atoms with Gasteiger partial charge in [0.1, 0.15) is 11.6 Å². The molecule has 3 heterocycles. The summed E-state index contributed by atoms with van der Waals surface area (Å²) in [5.41, 5.74) is 3.32. The molecule has 2 unspecified atom stereocenters. The summed E-state index contributed by atoms with van der Waals surface area (Å²) < 4.78 is 54.8. The van der Waals surface area contributed by atoms with Gasteiger partial charge in [-0.15, -0.1) is 0 Å². The third-order valence-electron chi connectivity index (χ3n) is 6.97. The lowest BCUT2D eigenvalue weighted by Crippen LogP contribution is -2.46. The standard InChI is InChI=1S/C26H27F2N3O4S/c1-30-8-7-19-17(14-36(2,34)35)10-16-13-31(21-6-5-18(27)11-20(21)28)25-15(4-3-9-32)12-29-24(22(16)25)23(19)26(30)33/h5-8,10-11,13,15,25,29,32H,3-4,9,12,14H2,1-2H3. The maximum atomic E-state index is 15.0. The number of sulfone groups is 1. The van der Waals surface area contributed by atoms with E-state index in [4.69, 9.17) is 0 Å². The van der Waals surface area contributed by atoms with Gasteiger partial charge in [0.2, 0.25) is 0 Å². The van der Waals surface area contributed by atoms with E-state index < -0.39 is 27.5 Å². The lowest BCUT2D eigenvalue weighted by molar-refractivity contribution is 0.264. The molecule has 0 radical (unpaired) electrons. The molecule has 0 bridgehead atoms. The molecule has 7 nitrogen and oxygen atoms in total. The van der Waals surface area contributed by atoms with Gasteiger partial charge in [0, 0.05) is 56.4 Å². The van der Waals surface area contributed by atoms with E-state index in [1.165, 1.54) is 16.7 Å². The fraction of sp³-hybridized carbons (Fsp3) is 0.346. The molecule has 0 saturated heterocycles. The number of pyridine rings is 1. The first-order valence-electron chi connectivity index (χ1n) is 11.7. The van der Waals surface area contributed by atoms with Gasteiger partial charge in [-0.05, 0) is 53.8 Å². The Hall–Kier alpha value is -3.24. The van der Waals surface area contributed by atoms with Crippen LogP contribution in [0.15, 0.2) is 58.7 Å². The van der Waals surface area contributed by atoms with Gasteiger partial charge in [0.05, 0.1) is 28.7 Å². The molecule has 3 aliphatic rings. The van der Waals surface area contributed by atoms with Crippen LogP contribution < -0.4 is 15.8 Å². The lowest BCUT2D eigenvalue weighted by atomic mass is 9.82. The molecule has 1 aromatic carbocycles. The second-order valence-corrected chi connectivity index (χ2v) is 11.7. The minimum atomic E-state index is -3.44. The smallest absolute Gasteiger partial charge is 0.260 e. The van der Waals surface area contributed by atoms with E-state index in [1.807, 2.05) is 0 Å². The molecule has 2 N–H and O–H groups in total. The topological polar surface area (TPSA) is 91.6 Å². The van der Waals surface area contributed by atoms with Gasteiger partial charge in [-0.1, -0.05) is 0 Å². The summed E-state index contributed by atoms with van der Waals surface area (Å²) >= 11 is 0. The average molecular weight is 516 g/mol. The molecule has 190 valence electrons. The molecule has 1 aliphatic carbocycles. The lowest BCUT2D eigenvalue weighted by Gasteiger charge is -2.39. The van der Waals surface area contributed by atoms with Crippen molar-refractivity contribution in [2.75, 3.05) is 30.1 Å². The van der Waals surface area contributed by atoms with Gasteiger partial charge in [-0.25, -0.2) is 17.2 Å². The van der Waals surface area contributed by atoms with Crippen LogP contribution in [0.25, 0.3) is 11.3 Å². The Labute approximate surface area is 208 Å². The molecule has 5 rings (SSSR count). The first-order chi connectivity index (χ1) is 17.1. The predicted molar refractivity (Wildman–Crippen MR) is 135 cm³/mol. The number of rotatable bonds is 6. The summed E-state index contributed by atoms with van der Waals surface area (Å²) in [6, 6.07) is 4.76. The number of aryl methyl sites for hydroxylation is 1. The quantitative estimate of drug-likeness (QED) is 0.615.